The standard InChI is InChI=1S/C16H15FO2/c1-12-7-8-15(17)14(9-12)16(18)11-19-10-13-5-3-2-4-6-13/h2-9H,10-11H2,1H3. The molecule has 0 atom stereocenters. The largest absolute Gasteiger partial charge is 0.369 e. The summed E-state index contributed by atoms with van der Waals surface area (Å²) in [6.45, 7) is 2.05. The molecule has 0 spiro atoms. The highest BCUT2D eigenvalue weighted by Crippen LogP contribution is 2.11. The van der Waals surface area contributed by atoms with Crippen LogP contribution in [0.25, 0.3) is 0 Å². The lowest BCUT2D eigenvalue weighted by molar-refractivity contribution is 0.0722. The van der Waals surface area contributed by atoms with Gasteiger partial charge in [0.05, 0.1) is 12.2 Å². The molecular formula is C16H15FO2. The zero-order chi connectivity index (χ0) is 13.7. The highest BCUT2D eigenvalue weighted by atomic mass is 19.1. The molecule has 2 rings (SSSR count). The fraction of sp³-hybridized carbons (Fsp3) is 0.188. The molecular weight excluding hydrogens is 243 g/mol. The molecule has 19 heavy (non-hydrogen) atoms. The molecule has 0 aliphatic heterocycles. The van der Waals surface area contributed by atoms with Crippen molar-refractivity contribution in [2.75, 3.05) is 6.61 Å². The number of halogens is 1. The van der Waals surface area contributed by atoms with Crippen molar-refractivity contribution in [2.45, 2.75) is 13.5 Å². The van der Waals surface area contributed by atoms with Gasteiger partial charge in [-0.3, -0.25) is 4.79 Å². The van der Waals surface area contributed by atoms with E-state index < -0.39 is 5.82 Å². The predicted octanol–water partition coefficient (Wildman–Crippen LogP) is 3.53. The van der Waals surface area contributed by atoms with Crippen LogP contribution in [0.3, 0.4) is 0 Å². The van der Waals surface area contributed by atoms with Crippen molar-refractivity contribution in [1.82, 2.24) is 0 Å². The molecule has 0 heterocycles. The van der Waals surface area contributed by atoms with E-state index in [1.54, 1.807) is 12.1 Å². The maximum absolute atomic E-state index is 13.5. The summed E-state index contributed by atoms with van der Waals surface area (Å²) in [7, 11) is 0. The zero-order valence-electron chi connectivity index (χ0n) is 10.7. The lowest BCUT2D eigenvalue weighted by Gasteiger charge is -2.05. The normalized spacial score (nSPS) is 10.4. The molecule has 0 N–H and O–H groups in total. The smallest absolute Gasteiger partial charge is 0.191 e. The van der Waals surface area contributed by atoms with Gasteiger partial charge in [0, 0.05) is 0 Å². The van der Waals surface area contributed by atoms with Gasteiger partial charge in [-0.1, -0.05) is 42.0 Å². The van der Waals surface area contributed by atoms with Gasteiger partial charge in [0.25, 0.3) is 0 Å². The number of ether oxygens (including phenoxy) is 1. The summed E-state index contributed by atoms with van der Waals surface area (Å²) >= 11 is 0. The highest BCUT2D eigenvalue weighted by Gasteiger charge is 2.11. The second kappa shape index (κ2) is 6.25. The monoisotopic (exact) mass is 258 g/mol. The Kier molecular flexibility index (Phi) is 4.42. The van der Waals surface area contributed by atoms with Crippen molar-refractivity contribution in [2.24, 2.45) is 0 Å². The Labute approximate surface area is 111 Å². The van der Waals surface area contributed by atoms with E-state index >= 15 is 0 Å². The Morgan fingerprint density at radius 2 is 1.89 bits per heavy atom. The summed E-state index contributed by atoms with van der Waals surface area (Å²) in [5, 5.41) is 0. The number of ketones is 1. The van der Waals surface area contributed by atoms with Crippen LogP contribution in [-0.2, 0) is 11.3 Å². The summed E-state index contributed by atoms with van der Waals surface area (Å²) in [6.07, 6.45) is 0. The molecule has 2 aromatic rings. The first-order chi connectivity index (χ1) is 9.16. The molecule has 98 valence electrons. The van der Waals surface area contributed by atoms with Crippen LogP contribution in [0.4, 0.5) is 4.39 Å². The third-order valence-corrected chi connectivity index (χ3v) is 2.77. The summed E-state index contributed by atoms with van der Waals surface area (Å²) in [5.41, 5.74) is 1.93. The van der Waals surface area contributed by atoms with Crippen LogP contribution in [0, 0.1) is 12.7 Å². The van der Waals surface area contributed by atoms with Crippen molar-refractivity contribution >= 4 is 5.78 Å². The molecule has 0 radical (unpaired) electrons. The van der Waals surface area contributed by atoms with Gasteiger partial charge in [0.15, 0.2) is 5.78 Å². The Balaban J connectivity index is 1.93. The molecule has 0 bridgehead atoms. The number of carbonyl (C=O) groups is 1. The van der Waals surface area contributed by atoms with Gasteiger partial charge < -0.3 is 4.74 Å². The fourth-order valence-corrected chi connectivity index (χ4v) is 1.77. The number of benzene rings is 2. The maximum atomic E-state index is 13.5. The van der Waals surface area contributed by atoms with Crippen molar-refractivity contribution < 1.29 is 13.9 Å². The first kappa shape index (κ1) is 13.4. The number of aryl methyl sites for hydroxylation is 1. The molecule has 0 aromatic heterocycles. The first-order valence-electron chi connectivity index (χ1n) is 6.08. The van der Waals surface area contributed by atoms with E-state index in [1.165, 1.54) is 6.07 Å². The number of hydrogen-bond acceptors (Lipinski definition) is 2. The number of carbonyl (C=O) groups excluding carboxylic acids is 1. The lowest BCUT2D eigenvalue weighted by Crippen LogP contribution is -2.11. The molecule has 3 heteroatoms. The van der Waals surface area contributed by atoms with E-state index in [0.29, 0.717) is 6.61 Å². The van der Waals surface area contributed by atoms with Crippen LogP contribution in [0.5, 0.6) is 0 Å². The van der Waals surface area contributed by atoms with E-state index in [4.69, 9.17) is 4.74 Å². The third-order valence-electron chi connectivity index (χ3n) is 2.77. The minimum absolute atomic E-state index is 0.0908. The van der Waals surface area contributed by atoms with Crippen LogP contribution in [-0.4, -0.2) is 12.4 Å². The van der Waals surface area contributed by atoms with Gasteiger partial charge in [0.2, 0.25) is 0 Å². The average Bonchev–Trinajstić information content (AvgIpc) is 2.42. The lowest BCUT2D eigenvalue weighted by atomic mass is 10.1. The SMILES string of the molecule is Cc1ccc(F)c(C(=O)COCc2ccccc2)c1. The second-order valence-corrected chi connectivity index (χ2v) is 4.38. The van der Waals surface area contributed by atoms with Crippen molar-refractivity contribution in [3.8, 4) is 0 Å². The third kappa shape index (κ3) is 3.73. The molecule has 0 aliphatic rings. The molecule has 0 fully saturated rings. The molecule has 0 amide bonds. The van der Waals surface area contributed by atoms with Gasteiger partial charge in [-0.15, -0.1) is 0 Å². The van der Waals surface area contributed by atoms with E-state index in [-0.39, 0.29) is 18.0 Å². The maximum Gasteiger partial charge on any atom is 0.191 e. The molecule has 2 nitrogen and oxygen atoms in total. The van der Waals surface area contributed by atoms with Crippen LogP contribution in [0.1, 0.15) is 21.5 Å². The quantitative estimate of drug-likeness (QED) is 0.767. The van der Waals surface area contributed by atoms with Gasteiger partial charge in [0.1, 0.15) is 12.4 Å². The Morgan fingerprint density at radius 1 is 1.16 bits per heavy atom. The number of Topliss-reactive ketones (excluding diaryl/α,β-unsaturated/α-hetero) is 1. The molecule has 0 saturated carbocycles. The minimum atomic E-state index is -0.501. The van der Waals surface area contributed by atoms with E-state index in [2.05, 4.69) is 0 Å². The van der Waals surface area contributed by atoms with E-state index in [1.807, 2.05) is 37.3 Å². The summed E-state index contributed by atoms with van der Waals surface area (Å²) in [6, 6.07) is 14.0. The summed E-state index contributed by atoms with van der Waals surface area (Å²) in [5.74, 6) is -0.837. The second-order valence-electron chi connectivity index (χ2n) is 4.38. The molecule has 0 unspecified atom stereocenters. The predicted molar refractivity (Wildman–Crippen MR) is 71.6 cm³/mol. The minimum Gasteiger partial charge on any atom is -0.369 e. The van der Waals surface area contributed by atoms with Gasteiger partial charge >= 0.3 is 0 Å². The molecule has 0 saturated heterocycles. The first-order valence-corrected chi connectivity index (χ1v) is 6.08. The summed E-state index contributed by atoms with van der Waals surface area (Å²) in [4.78, 5) is 11.8. The average molecular weight is 258 g/mol. The van der Waals surface area contributed by atoms with Crippen LogP contribution in [0.2, 0.25) is 0 Å². The van der Waals surface area contributed by atoms with Crippen LogP contribution >= 0.6 is 0 Å². The number of rotatable bonds is 5. The fourth-order valence-electron chi connectivity index (χ4n) is 1.77. The van der Waals surface area contributed by atoms with Gasteiger partial charge in [-0.05, 0) is 24.6 Å². The molecule has 2 aromatic carbocycles. The Bertz CT molecular complexity index is 564. The van der Waals surface area contributed by atoms with E-state index in [9.17, 15) is 9.18 Å². The van der Waals surface area contributed by atoms with E-state index in [0.717, 1.165) is 11.1 Å². The number of hydrogen-bond donors (Lipinski definition) is 0. The van der Waals surface area contributed by atoms with Crippen molar-refractivity contribution in [3.05, 3.63) is 71.0 Å². The Hall–Kier alpha value is -2.00. The van der Waals surface area contributed by atoms with Crippen molar-refractivity contribution in [1.29, 1.82) is 0 Å². The van der Waals surface area contributed by atoms with Crippen LogP contribution in [0.15, 0.2) is 48.5 Å². The van der Waals surface area contributed by atoms with Gasteiger partial charge in [-0.25, -0.2) is 4.39 Å². The Morgan fingerprint density at radius 3 is 2.63 bits per heavy atom. The van der Waals surface area contributed by atoms with Gasteiger partial charge in [-0.2, -0.15) is 0 Å². The molecule has 0 aliphatic carbocycles. The highest BCUT2D eigenvalue weighted by molar-refractivity contribution is 5.97. The summed E-state index contributed by atoms with van der Waals surface area (Å²) < 4.78 is 18.8. The van der Waals surface area contributed by atoms with Crippen LogP contribution < -0.4 is 0 Å². The zero-order valence-corrected chi connectivity index (χ0v) is 10.7. The van der Waals surface area contributed by atoms with Crippen molar-refractivity contribution in [3.63, 3.8) is 0 Å². The topological polar surface area (TPSA) is 26.3 Å².